The third-order valence-electron chi connectivity index (χ3n) is 13.6. The highest BCUT2D eigenvalue weighted by Gasteiger charge is 2.43. The fraction of sp³-hybridized carbons (Fsp3) is 0.500. The van der Waals surface area contributed by atoms with Crippen LogP contribution in [0, 0.1) is 0 Å². The van der Waals surface area contributed by atoms with Crippen LogP contribution >= 0.6 is 0 Å². The van der Waals surface area contributed by atoms with Crippen molar-refractivity contribution in [2.45, 2.75) is 152 Å². The Bertz CT molecular complexity index is 1410. The predicted octanol–water partition coefficient (Wildman–Crippen LogP) is 11.3. The summed E-state index contributed by atoms with van der Waals surface area (Å²) in [6.45, 7) is 0. The van der Waals surface area contributed by atoms with Gasteiger partial charge in [0, 0.05) is 0 Å². The lowest BCUT2D eigenvalue weighted by Gasteiger charge is -2.37. The smallest absolute Gasteiger partial charge is 0.0621 e. The molecule has 0 amide bonds. The van der Waals surface area contributed by atoms with Crippen LogP contribution in [0.15, 0.2) is 97.1 Å². The summed E-state index contributed by atoms with van der Waals surface area (Å²) in [6, 6.07) is 40.9. The van der Waals surface area contributed by atoms with Crippen LogP contribution in [-0.2, 0) is 0 Å². The van der Waals surface area contributed by atoms with E-state index in [9.17, 15) is 0 Å². The number of rotatable bonds is 8. The third-order valence-corrected chi connectivity index (χ3v) is 18.3. The summed E-state index contributed by atoms with van der Waals surface area (Å²) in [5.41, 5.74) is 6.41. The van der Waals surface area contributed by atoms with Gasteiger partial charge in [-0.15, -0.1) is 0 Å². The van der Waals surface area contributed by atoms with Gasteiger partial charge in [0.15, 0.2) is 8.07 Å². The lowest BCUT2D eigenvalue weighted by Crippen LogP contribution is -2.75. The van der Waals surface area contributed by atoms with E-state index >= 15 is 0 Å². The van der Waals surface area contributed by atoms with Crippen molar-refractivity contribution in [1.29, 1.82) is 0 Å². The van der Waals surface area contributed by atoms with Crippen molar-refractivity contribution in [1.82, 2.24) is 0 Å². The second kappa shape index (κ2) is 15.5. The molecule has 0 aromatic heterocycles. The van der Waals surface area contributed by atoms with E-state index in [-0.39, 0.29) is 0 Å². The molecule has 4 fully saturated rings. The molecule has 0 nitrogen and oxygen atoms in total. The van der Waals surface area contributed by atoms with E-state index in [0.717, 1.165) is 0 Å². The molecule has 4 aromatic rings. The van der Waals surface area contributed by atoms with E-state index in [1.807, 2.05) is 0 Å². The van der Waals surface area contributed by atoms with Crippen LogP contribution in [0.2, 0.25) is 0 Å². The highest BCUT2D eigenvalue weighted by Crippen LogP contribution is 2.36. The molecule has 0 bridgehead atoms. The van der Waals surface area contributed by atoms with Gasteiger partial charge >= 0.3 is 0 Å². The van der Waals surface area contributed by atoms with Gasteiger partial charge in [0.05, 0.1) is 0 Å². The van der Waals surface area contributed by atoms with Crippen molar-refractivity contribution >= 4 is 28.8 Å². The van der Waals surface area contributed by atoms with E-state index in [2.05, 4.69) is 97.1 Å². The van der Waals surface area contributed by atoms with E-state index in [0.29, 0.717) is 23.7 Å². The Hall–Kier alpha value is -2.90. The molecule has 0 aliphatic heterocycles. The summed E-state index contributed by atoms with van der Waals surface area (Å²) >= 11 is 0. The molecule has 49 heavy (non-hydrogen) atoms. The first-order valence-corrected chi connectivity index (χ1v) is 22.7. The van der Waals surface area contributed by atoms with E-state index in [1.165, 1.54) is 128 Å². The fourth-order valence-corrected chi connectivity index (χ4v) is 15.8. The van der Waals surface area contributed by atoms with Gasteiger partial charge < -0.3 is 0 Å². The van der Waals surface area contributed by atoms with Crippen molar-refractivity contribution in [3.05, 3.63) is 119 Å². The van der Waals surface area contributed by atoms with Crippen LogP contribution in [0.4, 0.5) is 0 Å². The molecule has 0 atom stereocenters. The Morgan fingerprint density at radius 2 is 0.510 bits per heavy atom. The first-order valence-electron chi connectivity index (χ1n) is 20.7. The lowest BCUT2D eigenvalue weighted by atomic mass is 9.84. The molecule has 256 valence electrons. The lowest BCUT2D eigenvalue weighted by molar-refractivity contribution is 0.443. The Morgan fingerprint density at radius 1 is 0.286 bits per heavy atom. The zero-order valence-electron chi connectivity index (χ0n) is 30.2. The first-order chi connectivity index (χ1) is 24.3. The second-order valence-corrected chi connectivity index (χ2v) is 20.4. The summed E-state index contributed by atoms with van der Waals surface area (Å²) in [5.74, 6) is 2.82. The van der Waals surface area contributed by atoms with Gasteiger partial charge in [0.25, 0.3) is 0 Å². The van der Waals surface area contributed by atoms with Gasteiger partial charge in [0.2, 0.25) is 0 Å². The fourth-order valence-electron chi connectivity index (χ4n) is 10.8. The Morgan fingerprint density at radius 3 is 0.735 bits per heavy atom. The molecule has 8 rings (SSSR count). The molecule has 1 heteroatoms. The number of hydrogen-bond acceptors (Lipinski definition) is 0. The summed E-state index contributed by atoms with van der Waals surface area (Å²) in [4.78, 5) is 0. The number of hydrogen-bond donors (Lipinski definition) is 0. The summed E-state index contributed by atoms with van der Waals surface area (Å²) in [5, 5.41) is 6.44. The zero-order valence-corrected chi connectivity index (χ0v) is 31.2. The monoisotopic (exact) mass is 664 g/mol. The van der Waals surface area contributed by atoms with Crippen molar-refractivity contribution in [3.63, 3.8) is 0 Å². The van der Waals surface area contributed by atoms with Crippen LogP contribution in [-0.4, -0.2) is 8.07 Å². The van der Waals surface area contributed by atoms with Gasteiger partial charge in [-0.25, -0.2) is 0 Å². The Labute approximate surface area is 299 Å². The van der Waals surface area contributed by atoms with Gasteiger partial charge in [-0.1, -0.05) is 174 Å². The van der Waals surface area contributed by atoms with Gasteiger partial charge in [-0.05, 0) is 118 Å². The summed E-state index contributed by atoms with van der Waals surface area (Å²) in [6.07, 6.45) is 27.5. The Balaban J connectivity index is 1.37. The second-order valence-electron chi connectivity index (χ2n) is 16.6. The average Bonchev–Trinajstić information content (AvgIpc) is 3.20. The maximum absolute atomic E-state index is 2.73. The van der Waals surface area contributed by atoms with Crippen molar-refractivity contribution in [2.24, 2.45) is 0 Å². The summed E-state index contributed by atoms with van der Waals surface area (Å²) in [7, 11) is -2.68. The third kappa shape index (κ3) is 7.04. The molecule has 0 radical (unpaired) electrons. The normalized spacial score (nSPS) is 20.7. The molecular formula is C48H60Si. The highest BCUT2D eigenvalue weighted by atomic mass is 28.3. The molecular weight excluding hydrogens is 605 g/mol. The maximum Gasteiger partial charge on any atom is 0.179 e. The molecule has 0 saturated heterocycles. The van der Waals surface area contributed by atoms with Crippen molar-refractivity contribution in [3.8, 4) is 0 Å². The highest BCUT2D eigenvalue weighted by molar-refractivity contribution is 7.19. The molecule has 0 unspecified atom stereocenters. The van der Waals surface area contributed by atoms with Gasteiger partial charge in [0.1, 0.15) is 0 Å². The van der Waals surface area contributed by atoms with Crippen LogP contribution in [0.5, 0.6) is 0 Å². The van der Waals surface area contributed by atoms with Crippen LogP contribution in [0.1, 0.15) is 174 Å². The van der Waals surface area contributed by atoms with Gasteiger partial charge in [-0.2, -0.15) is 0 Å². The minimum atomic E-state index is -2.68. The van der Waals surface area contributed by atoms with Gasteiger partial charge in [-0.3, -0.25) is 0 Å². The minimum absolute atomic E-state index is 0.705. The average molecular weight is 665 g/mol. The molecule has 4 saturated carbocycles. The number of benzene rings is 4. The molecule has 4 aliphatic rings. The predicted molar refractivity (Wildman–Crippen MR) is 213 cm³/mol. The first kappa shape index (κ1) is 33.3. The zero-order chi connectivity index (χ0) is 32.9. The van der Waals surface area contributed by atoms with Crippen molar-refractivity contribution in [2.75, 3.05) is 0 Å². The molecule has 0 spiro atoms. The van der Waals surface area contributed by atoms with Crippen LogP contribution < -0.4 is 20.7 Å². The molecule has 4 aliphatic carbocycles. The SMILES string of the molecule is c1cc(C2CCCCC2)cc([Si](c2cccc(C3CCCCC3)c2)(c2cccc(C3CCCCC3)c2)c2cccc(C3CCCCC3)c2)c1. The van der Waals surface area contributed by atoms with E-state index in [1.54, 1.807) is 43.0 Å². The van der Waals surface area contributed by atoms with Crippen LogP contribution in [0.3, 0.4) is 0 Å². The van der Waals surface area contributed by atoms with E-state index in [4.69, 9.17) is 0 Å². The van der Waals surface area contributed by atoms with Crippen molar-refractivity contribution < 1.29 is 0 Å². The standard InChI is InChI=1S/C48H60Si/c1-5-17-37(18-6-1)41-25-13-29-45(33-41)49(46-30-14-26-42(34-46)38-19-7-2-8-20-38,47-31-15-27-43(35-47)39-21-9-3-10-22-39)48-32-16-28-44(36-48)40-23-11-4-12-24-40/h13-16,25-40H,1-12,17-24H2. The quantitative estimate of drug-likeness (QED) is 0.130. The largest absolute Gasteiger partial charge is 0.179 e. The maximum atomic E-state index is 2.73. The van der Waals surface area contributed by atoms with E-state index < -0.39 is 8.07 Å². The Kier molecular flexibility index (Phi) is 10.6. The molecule has 0 N–H and O–H groups in total. The molecule has 4 aromatic carbocycles. The topological polar surface area (TPSA) is 0 Å². The minimum Gasteiger partial charge on any atom is -0.0621 e. The molecule has 0 heterocycles. The van der Waals surface area contributed by atoms with Crippen LogP contribution in [0.25, 0.3) is 0 Å². The summed E-state index contributed by atoms with van der Waals surface area (Å²) < 4.78 is 0.